The zero-order chi connectivity index (χ0) is 14.8. The summed E-state index contributed by atoms with van der Waals surface area (Å²) in [5.74, 6) is -1.41. The molecule has 0 saturated carbocycles. The van der Waals surface area contributed by atoms with Gasteiger partial charge in [-0.05, 0) is 18.2 Å². The Balaban J connectivity index is 2.05. The van der Waals surface area contributed by atoms with Crippen molar-refractivity contribution in [2.75, 3.05) is 0 Å². The second-order valence-electron chi connectivity index (χ2n) is 4.06. The smallest absolute Gasteiger partial charge is 0.328 e. The number of hydrogen-bond acceptors (Lipinski definition) is 4. The van der Waals surface area contributed by atoms with Gasteiger partial charge in [0.15, 0.2) is 16.5 Å². The van der Waals surface area contributed by atoms with Crippen LogP contribution in [0.1, 0.15) is 5.69 Å². The number of ether oxygens (including phenoxy) is 1. The Labute approximate surface area is 122 Å². The molecular weight excluding hydrogens is 295 g/mol. The van der Waals surface area contributed by atoms with Crippen LogP contribution in [0, 0.1) is 5.82 Å². The Morgan fingerprint density at radius 2 is 2.24 bits per heavy atom. The summed E-state index contributed by atoms with van der Waals surface area (Å²) in [7, 11) is 0. The Hall–Kier alpha value is -2.67. The maximum absolute atomic E-state index is 13.6. The summed E-state index contributed by atoms with van der Waals surface area (Å²) in [6.45, 7) is 0. The number of aromatic nitrogens is 2. The Morgan fingerprint density at radius 3 is 3.00 bits per heavy atom. The van der Waals surface area contributed by atoms with Gasteiger partial charge in [-0.3, -0.25) is 4.40 Å². The standard InChI is InChI=1S/C14H9FN2O3S/c15-9-3-1-2-4-11(9)20-13-10(5-6-12(18)19)17-7-8-21-14(17)16-13/h1-8H,(H,18,19)/b6-5+. The quantitative estimate of drug-likeness (QED) is 0.750. The van der Waals surface area contributed by atoms with Crippen molar-refractivity contribution in [2.45, 2.75) is 0 Å². The van der Waals surface area contributed by atoms with Crippen LogP contribution in [0.2, 0.25) is 0 Å². The summed E-state index contributed by atoms with van der Waals surface area (Å²) in [5.41, 5.74) is 0.442. The fourth-order valence-corrected chi connectivity index (χ4v) is 2.50. The van der Waals surface area contributed by atoms with Crippen LogP contribution in [0.5, 0.6) is 11.6 Å². The number of aliphatic carboxylic acids is 1. The van der Waals surface area contributed by atoms with E-state index in [9.17, 15) is 9.18 Å². The Kier molecular flexibility index (Phi) is 3.41. The van der Waals surface area contributed by atoms with Crippen molar-refractivity contribution in [1.82, 2.24) is 9.38 Å². The van der Waals surface area contributed by atoms with Gasteiger partial charge in [0.1, 0.15) is 5.69 Å². The van der Waals surface area contributed by atoms with Gasteiger partial charge in [-0.25, -0.2) is 9.18 Å². The maximum atomic E-state index is 13.6. The number of imidazole rings is 1. The lowest BCUT2D eigenvalue weighted by atomic mass is 10.3. The van der Waals surface area contributed by atoms with Crippen molar-refractivity contribution in [1.29, 1.82) is 0 Å². The summed E-state index contributed by atoms with van der Waals surface area (Å²) in [6.07, 6.45) is 4.09. The molecule has 1 N–H and O–H groups in total. The van der Waals surface area contributed by atoms with E-state index < -0.39 is 11.8 Å². The number of nitrogens with zero attached hydrogens (tertiary/aromatic N) is 2. The molecule has 3 aromatic rings. The zero-order valence-corrected chi connectivity index (χ0v) is 11.4. The minimum Gasteiger partial charge on any atom is -0.478 e. The average molecular weight is 304 g/mol. The van der Waals surface area contributed by atoms with Gasteiger partial charge in [0.05, 0.1) is 0 Å². The highest BCUT2D eigenvalue weighted by atomic mass is 32.1. The third kappa shape index (κ3) is 2.63. The first-order valence-corrected chi connectivity index (χ1v) is 6.82. The van der Waals surface area contributed by atoms with Crippen molar-refractivity contribution in [3.63, 3.8) is 0 Å². The van der Waals surface area contributed by atoms with E-state index in [0.717, 1.165) is 6.08 Å². The number of thiazole rings is 1. The fourth-order valence-electron chi connectivity index (χ4n) is 1.79. The molecule has 0 atom stereocenters. The molecule has 0 aliphatic carbocycles. The molecule has 2 heterocycles. The number of halogens is 1. The summed E-state index contributed by atoms with van der Waals surface area (Å²) < 4.78 is 20.8. The van der Waals surface area contributed by atoms with Crippen molar-refractivity contribution in [2.24, 2.45) is 0 Å². The highest BCUT2D eigenvalue weighted by Crippen LogP contribution is 2.30. The van der Waals surface area contributed by atoms with Crippen LogP contribution in [0.25, 0.3) is 11.0 Å². The van der Waals surface area contributed by atoms with Crippen LogP contribution in [0.4, 0.5) is 4.39 Å². The lowest BCUT2D eigenvalue weighted by molar-refractivity contribution is -0.131. The summed E-state index contributed by atoms with van der Waals surface area (Å²) in [5, 5.41) is 10.6. The molecule has 0 radical (unpaired) electrons. The maximum Gasteiger partial charge on any atom is 0.328 e. The summed E-state index contributed by atoms with van der Waals surface area (Å²) >= 11 is 1.37. The Morgan fingerprint density at radius 1 is 1.43 bits per heavy atom. The second kappa shape index (κ2) is 5.37. The SMILES string of the molecule is O=C(O)/C=C/c1c(Oc2ccccc2F)nc2sccn12. The average Bonchev–Trinajstić information content (AvgIpc) is 3.00. The molecule has 0 fully saturated rings. The predicted molar refractivity (Wildman–Crippen MR) is 76.2 cm³/mol. The van der Waals surface area contributed by atoms with E-state index >= 15 is 0 Å². The largest absolute Gasteiger partial charge is 0.478 e. The van der Waals surface area contributed by atoms with E-state index in [0.29, 0.717) is 10.7 Å². The van der Waals surface area contributed by atoms with Crippen molar-refractivity contribution >= 4 is 28.3 Å². The number of fused-ring (bicyclic) bond motifs is 1. The summed E-state index contributed by atoms with van der Waals surface area (Å²) in [6, 6.07) is 5.96. The number of hydrogen-bond donors (Lipinski definition) is 1. The van der Waals surface area contributed by atoms with E-state index in [1.807, 2.05) is 5.38 Å². The number of para-hydroxylation sites is 1. The molecule has 2 aromatic heterocycles. The van der Waals surface area contributed by atoms with E-state index in [2.05, 4.69) is 4.98 Å². The topological polar surface area (TPSA) is 63.8 Å². The van der Waals surface area contributed by atoms with Gasteiger partial charge in [-0.2, -0.15) is 4.98 Å². The lowest BCUT2D eigenvalue weighted by Gasteiger charge is -2.04. The van der Waals surface area contributed by atoms with Gasteiger partial charge in [0.25, 0.3) is 0 Å². The predicted octanol–water partition coefficient (Wildman–Crippen LogP) is 3.43. The number of carbonyl (C=O) groups is 1. The normalized spacial score (nSPS) is 11.3. The molecule has 1 aromatic carbocycles. The summed E-state index contributed by atoms with van der Waals surface area (Å²) in [4.78, 5) is 15.5. The first-order chi connectivity index (χ1) is 10.1. The minimum atomic E-state index is -1.09. The highest BCUT2D eigenvalue weighted by Gasteiger charge is 2.15. The van der Waals surface area contributed by atoms with Gasteiger partial charge in [0, 0.05) is 17.7 Å². The molecule has 0 bridgehead atoms. The van der Waals surface area contributed by atoms with Crippen LogP contribution in [0.3, 0.4) is 0 Å². The van der Waals surface area contributed by atoms with Crippen molar-refractivity contribution in [3.8, 4) is 11.6 Å². The molecule has 106 valence electrons. The third-order valence-corrected chi connectivity index (χ3v) is 3.45. The molecule has 0 unspecified atom stereocenters. The first kappa shape index (κ1) is 13.3. The molecule has 0 spiro atoms. The Bertz CT molecular complexity index is 838. The van der Waals surface area contributed by atoms with Crippen LogP contribution in [-0.4, -0.2) is 20.5 Å². The van der Waals surface area contributed by atoms with Gasteiger partial charge in [-0.1, -0.05) is 12.1 Å². The molecule has 21 heavy (non-hydrogen) atoms. The van der Waals surface area contributed by atoms with E-state index in [4.69, 9.17) is 9.84 Å². The molecule has 3 rings (SSSR count). The van der Waals surface area contributed by atoms with Gasteiger partial charge in [0.2, 0.25) is 5.88 Å². The lowest BCUT2D eigenvalue weighted by Crippen LogP contribution is -1.92. The van der Waals surface area contributed by atoms with Gasteiger partial charge >= 0.3 is 5.97 Å². The highest BCUT2D eigenvalue weighted by molar-refractivity contribution is 7.15. The second-order valence-corrected chi connectivity index (χ2v) is 4.93. The third-order valence-electron chi connectivity index (χ3n) is 2.69. The number of carboxylic acid groups (broad SMARTS) is 1. The zero-order valence-electron chi connectivity index (χ0n) is 10.6. The van der Waals surface area contributed by atoms with Crippen LogP contribution in [-0.2, 0) is 4.79 Å². The first-order valence-electron chi connectivity index (χ1n) is 5.94. The number of carboxylic acids is 1. The molecule has 0 aliphatic heterocycles. The van der Waals surface area contributed by atoms with Crippen LogP contribution < -0.4 is 4.74 Å². The van der Waals surface area contributed by atoms with Crippen molar-refractivity contribution < 1.29 is 19.0 Å². The van der Waals surface area contributed by atoms with Crippen LogP contribution >= 0.6 is 11.3 Å². The van der Waals surface area contributed by atoms with Crippen LogP contribution in [0.15, 0.2) is 41.9 Å². The number of rotatable bonds is 4. The molecule has 0 aliphatic rings. The monoisotopic (exact) mass is 304 g/mol. The van der Waals surface area contributed by atoms with E-state index in [-0.39, 0.29) is 11.6 Å². The van der Waals surface area contributed by atoms with E-state index in [1.165, 1.54) is 29.5 Å². The number of benzene rings is 1. The van der Waals surface area contributed by atoms with Crippen molar-refractivity contribution in [3.05, 3.63) is 53.4 Å². The van der Waals surface area contributed by atoms with Gasteiger partial charge < -0.3 is 9.84 Å². The van der Waals surface area contributed by atoms with Gasteiger partial charge in [-0.15, -0.1) is 11.3 Å². The molecular formula is C14H9FN2O3S. The molecule has 0 saturated heterocycles. The molecule has 5 nitrogen and oxygen atoms in total. The van der Waals surface area contributed by atoms with E-state index in [1.54, 1.807) is 22.7 Å². The molecule has 0 amide bonds. The minimum absolute atomic E-state index is 0.0354. The molecule has 7 heteroatoms. The fraction of sp³-hybridized carbons (Fsp3) is 0.